The van der Waals surface area contributed by atoms with Crippen LogP contribution in [0.2, 0.25) is 0 Å². The average molecular weight is 243 g/mol. The minimum absolute atomic E-state index is 0.528. The van der Waals surface area contributed by atoms with E-state index in [9.17, 15) is 0 Å². The summed E-state index contributed by atoms with van der Waals surface area (Å²) < 4.78 is 0. The number of nitrogens with zero attached hydrogens (tertiary/aromatic N) is 1. The molecule has 0 radical (unpaired) electrons. The van der Waals surface area contributed by atoms with Gasteiger partial charge < -0.3 is 5.32 Å². The number of aromatic nitrogens is 2. The number of anilines is 1. The number of benzene rings is 1. The van der Waals surface area contributed by atoms with Gasteiger partial charge in [-0.25, -0.2) is 0 Å². The zero-order valence-corrected chi connectivity index (χ0v) is 11.5. The van der Waals surface area contributed by atoms with Crippen molar-refractivity contribution in [2.75, 3.05) is 5.32 Å². The van der Waals surface area contributed by atoms with E-state index >= 15 is 0 Å². The van der Waals surface area contributed by atoms with Crippen molar-refractivity contribution in [2.45, 2.75) is 40.2 Å². The van der Waals surface area contributed by atoms with Crippen molar-refractivity contribution in [3.8, 4) is 0 Å². The molecular formula is C15H21N3. The summed E-state index contributed by atoms with van der Waals surface area (Å²) >= 11 is 0. The lowest BCUT2D eigenvalue weighted by Gasteiger charge is -2.14. The Morgan fingerprint density at radius 2 is 1.94 bits per heavy atom. The Morgan fingerprint density at radius 3 is 2.56 bits per heavy atom. The van der Waals surface area contributed by atoms with Crippen LogP contribution >= 0.6 is 0 Å². The normalized spacial score (nSPS) is 10.9. The van der Waals surface area contributed by atoms with Crippen LogP contribution < -0.4 is 5.32 Å². The maximum atomic E-state index is 4.22. The van der Waals surface area contributed by atoms with Crippen LogP contribution in [0.5, 0.6) is 0 Å². The van der Waals surface area contributed by atoms with Gasteiger partial charge in [-0.1, -0.05) is 32.0 Å². The lowest BCUT2D eigenvalue weighted by Crippen LogP contribution is -2.04. The molecule has 2 rings (SSSR count). The molecule has 2 aromatic rings. The molecule has 0 aliphatic rings. The molecule has 0 saturated carbocycles. The van der Waals surface area contributed by atoms with E-state index in [2.05, 4.69) is 60.6 Å². The summed E-state index contributed by atoms with van der Waals surface area (Å²) in [5, 5.41) is 10.8. The molecule has 1 heterocycles. The van der Waals surface area contributed by atoms with Gasteiger partial charge in [-0.3, -0.25) is 5.10 Å². The first-order valence-corrected chi connectivity index (χ1v) is 6.43. The van der Waals surface area contributed by atoms with E-state index < -0.39 is 0 Å². The largest absolute Gasteiger partial charge is 0.381 e. The Kier molecular flexibility index (Phi) is 3.70. The summed E-state index contributed by atoms with van der Waals surface area (Å²) in [6.45, 7) is 9.35. The number of H-pyrrole nitrogens is 1. The van der Waals surface area contributed by atoms with Crippen molar-refractivity contribution >= 4 is 5.69 Å². The van der Waals surface area contributed by atoms with Crippen LogP contribution in [-0.2, 0) is 6.54 Å². The number of nitrogens with one attached hydrogen (secondary N) is 2. The van der Waals surface area contributed by atoms with Crippen LogP contribution in [0.15, 0.2) is 24.3 Å². The monoisotopic (exact) mass is 243 g/mol. The predicted octanol–water partition coefficient (Wildman–Crippen LogP) is 3.76. The fourth-order valence-corrected chi connectivity index (χ4v) is 2.18. The number of aromatic amines is 1. The SMILES string of the molecule is Cc1n[nH]c(C)c1CNc1ccccc1C(C)C. The topological polar surface area (TPSA) is 40.7 Å². The molecule has 1 aromatic heterocycles. The highest BCUT2D eigenvalue weighted by molar-refractivity contribution is 5.53. The highest BCUT2D eigenvalue weighted by Crippen LogP contribution is 2.24. The first-order valence-electron chi connectivity index (χ1n) is 6.43. The van der Waals surface area contributed by atoms with Crippen molar-refractivity contribution < 1.29 is 0 Å². The van der Waals surface area contributed by atoms with Gasteiger partial charge in [0.15, 0.2) is 0 Å². The summed E-state index contributed by atoms with van der Waals surface area (Å²) in [5.74, 6) is 0.528. The molecule has 0 saturated heterocycles. The number of aryl methyl sites for hydroxylation is 2. The predicted molar refractivity (Wildman–Crippen MR) is 75.9 cm³/mol. The Bertz CT molecular complexity index is 507. The van der Waals surface area contributed by atoms with E-state index in [1.807, 2.05) is 6.92 Å². The zero-order chi connectivity index (χ0) is 13.1. The second-order valence-corrected chi connectivity index (χ2v) is 5.01. The van der Waals surface area contributed by atoms with Gasteiger partial charge in [-0.05, 0) is 31.4 Å². The third-order valence-electron chi connectivity index (χ3n) is 3.32. The summed E-state index contributed by atoms with van der Waals surface area (Å²) in [6, 6.07) is 8.49. The lowest BCUT2D eigenvalue weighted by molar-refractivity contribution is 0.865. The van der Waals surface area contributed by atoms with Gasteiger partial charge >= 0.3 is 0 Å². The van der Waals surface area contributed by atoms with E-state index in [1.165, 1.54) is 16.8 Å². The van der Waals surface area contributed by atoms with Gasteiger partial charge in [0.1, 0.15) is 0 Å². The molecule has 3 nitrogen and oxygen atoms in total. The summed E-state index contributed by atoms with van der Waals surface area (Å²) in [6.07, 6.45) is 0. The molecule has 0 aliphatic heterocycles. The number of para-hydroxylation sites is 1. The maximum absolute atomic E-state index is 4.22. The Labute approximate surface area is 109 Å². The summed E-state index contributed by atoms with van der Waals surface area (Å²) in [4.78, 5) is 0. The molecular weight excluding hydrogens is 222 g/mol. The molecule has 0 unspecified atom stereocenters. The van der Waals surface area contributed by atoms with E-state index in [-0.39, 0.29) is 0 Å². The number of hydrogen-bond donors (Lipinski definition) is 2. The summed E-state index contributed by atoms with van der Waals surface area (Å²) in [5.41, 5.74) is 6.04. The van der Waals surface area contributed by atoms with Crippen molar-refractivity contribution in [1.29, 1.82) is 0 Å². The fraction of sp³-hybridized carbons (Fsp3) is 0.400. The van der Waals surface area contributed by atoms with Crippen LogP contribution in [0.25, 0.3) is 0 Å². The van der Waals surface area contributed by atoms with Crippen molar-refractivity contribution in [2.24, 2.45) is 0 Å². The van der Waals surface area contributed by atoms with Crippen LogP contribution in [0.3, 0.4) is 0 Å². The Balaban J connectivity index is 2.16. The minimum Gasteiger partial charge on any atom is -0.381 e. The van der Waals surface area contributed by atoms with Crippen molar-refractivity contribution in [1.82, 2.24) is 10.2 Å². The van der Waals surface area contributed by atoms with Crippen LogP contribution in [-0.4, -0.2) is 10.2 Å². The molecule has 3 heteroatoms. The smallest absolute Gasteiger partial charge is 0.0643 e. The molecule has 18 heavy (non-hydrogen) atoms. The van der Waals surface area contributed by atoms with Gasteiger partial charge in [-0.2, -0.15) is 5.10 Å². The molecule has 2 N–H and O–H groups in total. The second kappa shape index (κ2) is 5.25. The van der Waals surface area contributed by atoms with E-state index in [1.54, 1.807) is 0 Å². The fourth-order valence-electron chi connectivity index (χ4n) is 2.18. The van der Waals surface area contributed by atoms with Crippen LogP contribution in [0.4, 0.5) is 5.69 Å². The van der Waals surface area contributed by atoms with Gasteiger partial charge in [0, 0.05) is 23.5 Å². The standard InChI is InChI=1S/C15H21N3/c1-10(2)13-7-5-6-8-15(13)16-9-14-11(3)17-18-12(14)4/h5-8,10,16H,9H2,1-4H3,(H,17,18). The molecule has 1 aromatic carbocycles. The van der Waals surface area contributed by atoms with Gasteiger partial charge in [0.05, 0.1) is 5.69 Å². The quantitative estimate of drug-likeness (QED) is 0.858. The Hall–Kier alpha value is -1.77. The molecule has 0 bridgehead atoms. The molecule has 0 aliphatic carbocycles. The van der Waals surface area contributed by atoms with E-state index in [4.69, 9.17) is 0 Å². The number of rotatable bonds is 4. The van der Waals surface area contributed by atoms with E-state index in [0.29, 0.717) is 5.92 Å². The lowest BCUT2D eigenvalue weighted by atomic mass is 10.0. The van der Waals surface area contributed by atoms with Crippen molar-refractivity contribution in [3.63, 3.8) is 0 Å². The molecule has 0 amide bonds. The van der Waals surface area contributed by atoms with Gasteiger partial charge in [-0.15, -0.1) is 0 Å². The van der Waals surface area contributed by atoms with Crippen LogP contribution in [0, 0.1) is 13.8 Å². The average Bonchev–Trinajstić information content (AvgIpc) is 2.67. The first kappa shape index (κ1) is 12.7. The second-order valence-electron chi connectivity index (χ2n) is 5.01. The third kappa shape index (κ3) is 2.55. The highest BCUT2D eigenvalue weighted by atomic mass is 15.1. The molecule has 0 spiro atoms. The molecule has 0 fully saturated rings. The molecule has 96 valence electrons. The summed E-state index contributed by atoms with van der Waals surface area (Å²) in [7, 11) is 0. The maximum Gasteiger partial charge on any atom is 0.0643 e. The zero-order valence-electron chi connectivity index (χ0n) is 11.5. The third-order valence-corrected chi connectivity index (χ3v) is 3.32. The molecule has 0 atom stereocenters. The van der Waals surface area contributed by atoms with Gasteiger partial charge in [0.25, 0.3) is 0 Å². The highest BCUT2D eigenvalue weighted by Gasteiger charge is 2.08. The minimum atomic E-state index is 0.528. The number of hydrogen-bond acceptors (Lipinski definition) is 2. The van der Waals surface area contributed by atoms with E-state index in [0.717, 1.165) is 17.9 Å². The van der Waals surface area contributed by atoms with Crippen molar-refractivity contribution in [3.05, 3.63) is 46.8 Å². The van der Waals surface area contributed by atoms with Crippen LogP contribution in [0.1, 0.15) is 42.3 Å². The van der Waals surface area contributed by atoms with Gasteiger partial charge in [0.2, 0.25) is 0 Å². The Morgan fingerprint density at radius 1 is 1.22 bits per heavy atom. The first-order chi connectivity index (χ1) is 8.59.